The molecule has 1 aromatic heterocycles. The summed E-state index contributed by atoms with van der Waals surface area (Å²) in [5, 5.41) is 0.499. The number of rotatable bonds is 6. The normalized spacial score (nSPS) is 20.8. The summed E-state index contributed by atoms with van der Waals surface area (Å²) in [7, 11) is 0. The molecule has 2 heterocycles. The summed E-state index contributed by atoms with van der Waals surface area (Å²) < 4.78 is 7.93. The van der Waals surface area contributed by atoms with Gasteiger partial charge >= 0.3 is 5.69 Å². The van der Waals surface area contributed by atoms with Gasteiger partial charge in [0.25, 0.3) is 5.56 Å². The zero-order valence-corrected chi connectivity index (χ0v) is 16.6. The number of anilines is 1. The van der Waals surface area contributed by atoms with E-state index in [1.54, 1.807) is 10.6 Å². The number of aryl methyl sites for hydroxylation is 1. The number of hydrogen-bond acceptors (Lipinski definition) is 6. The summed E-state index contributed by atoms with van der Waals surface area (Å²) in [6.45, 7) is 6.96. The van der Waals surface area contributed by atoms with Crippen molar-refractivity contribution in [2.75, 3.05) is 37.0 Å². The van der Waals surface area contributed by atoms with Gasteiger partial charge in [0.05, 0.1) is 17.5 Å². The molecule has 4 N–H and O–H groups in total. The fourth-order valence-corrected chi connectivity index (χ4v) is 4.36. The van der Waals surface area contributed by atoms with Crippen LogP contribution in [0.25, 0.3) is 10.9 Å². The van der Waals surface area contributed by atoms with Crippen molar-refractivity contribution in [3.05, 3.63) is 38.5 Å². The molecule has 1 saturated heterocycles. The van der Waals surface area contributed by atoms with E-state index >= 15 is 0 Å². The van der Waals surface area contributed by atoms with E-state index in [-0.39, 0.29) is 12.1 Å². The van der Waals surface area contributed by atoms with Crippen LogP contribution in [0.4, 0.5) is 5.69 Å². The molecule has 1 aliphatic carbocycles. The molecule has 152 valence electrons. The van der Waals surface area contributed by atoms with Crippen LogP contribution in [0, 0.1) is 12.8 Å². The minimum atomic E-state index is -0.440. The molecular formula is C20H29N5O3. The highest BCUT2D eigenvalue weighted by molar-refractivity contribution is 5.87. The number of nitrogens with zero attached hydrogens (tertiary/aromatic N) is 3. The van der Waals surface area contributed by atoms with E-state index in [0.29, 0.717) is 24.5 Å². The fourth-order valence-electron chi connectivity index (χ4n) is 4.36. The van der Waals surface area contributed by atoms with E-state index in [9.17, 15) is 9.59 Å². The van der Waals surface area contributed by atoms with E-state index < -0.39 is 11.2 Å². The average Bonchev–Trinajstić information content (AvgIpc) is 3.40. The smallest absolute Gasteiger partial charge is 0.350 e. The van der Waals surface area contributed by atoms with Crippen molar-refractivity contribution in [2.24, 2.45) is 11.7 Å². The number of aromatic nitrogens is 2. The first-order valence-corrected chi connectivity index (χ1v) is 10.1. The van der Waals surface area contributed by atoms with E-state index in [1.807, 2.05) is 19.9 Å². The molecule has 1 aliphatic heterocycles. The van der Waals surface area contributed by atoms with Crippen molar-refractivity contribution in [3.63, 3.8) is 0 Å². The predicted molar refractivity (Wildman–Crippen MR) is 110 cm³/mol. The lowest BCUT2D eigenvalue weighted by atomic mass is 10.0. The molecule has 0 bridgehead atoms. The number of benzene rings is 1. The van der Waals surface area contributed by atoms with Crippen molar-refractivity contribution in [3.8, 4) is 0 Å². The lowest BCUT2D eigenvalue weighted by molar-refractivity contribution is 0.119. The topological polar surface area (TPSA) is 109 Å². The number of fused-ring (bicyclic) bond motifs is 1. The Balaban J connectivity index is 1.73. The van der Waals surface area contributed by atoms with E-state index in [2.05, 4.69) is 4.90 Å². The predicted octanol–water partition coefficient (Wildman–Crippen LogP) is 0.710. The van der Waals surface area contributed by atoms with Gasteiger partial charge in [0, 0.05) is 37.5 Å². The molecule has 4 rings (SSSR count). The lowest BCUT2D eigenvalue weighted by Gasteiger charge is -2.24. The first-order valence-electron chi connectivity index (χ1n) is 10.1. The van der Waals surface area contributed by atoms with E-state index in [1.165, 1.54) is 0 Å². The van der Waals surface area contributed by atoms with Crippen LogP contribution in [0.1, 0.15) is 37.8 Å². The quantitative estimate of drug-likeness (QED) is 0.707. The Labute approximate surface area is 163 Å². The van der Waals surface area contributed by atoms with Gasteiger partial charge in [0.2, 0.25) is 0 Å². The van der Waals surface area contributed by atoms with Crippen LogP contribution in [0.5, 0.6) is 0 Å². The van der Waals surface area contributed by atoms with Gasteiger partial charge in [-0.2, -0.15) is 4.68 Å². The highest BCUT2D eigenvalue weighted by Crippen LogP contribution is 2.38. The Bertz CT molecular complexity index is 1010. The lowest BCUT2D eigenvalue weighted by Crippen LogP contribution is -2.44. The molecule has 2 fully saturated rings. The van der Waals surface area contributed by atoms with Crippen molar-refractivity contribution >= 4 is 16.6 Å². The molecule has 2 aliphatic rings. The first-order chi connectivity index (χ1) is 13.4. The van der Waals surface area contributed by atoms with Gasteiger partial charge in [-0.1, -0.05) is 0 Å². The van der Waals surface area contributed by atoms with Crippen LogP contribution in [0.15, 0.2) is 21.7 Å². The van der Waals surface area contributed by atoms with Gasteiger partial charge in [0.1, 0.15) is 0 Å². The molecule has 8 nitrogen and oxygen atoms in total. The van der Waals surface area contributed by atoms with Gasteiger partial charge in [0.15, 0.2) is 0 Å². The highest BCUT2D eigenvalue weighted by atomic mass is 16.5. The van der Waals surface area contributed by atoms with Crippen molar-refractivity contribution in [1.29, 1.82) is 0 Å². The first kappa shape index (κ1) is 19.0. The summed E-state index contributed by atoms with van der Waals surface area (Å²) in [5.74, 6) is 6.12. The van der Waals surface area contributed by atoms with Gasteiger partial charge in [-0.25, -0.2) is 4.79 Å². The standard InChI is InChI=1S/C20H29N5O3/c1-3-28-11-16(21)13-8-9-23(10-13)17-7-6-15-18(12(17)2)24(14-4-5-14)20(27)25(22)19(15)26/h6-7,13-14,16H,3-5,8-11,21-22H2,1-2H3/t13-,16-/m0/s1. The van der Waals surface area contributed by atoms with Gasteiger partial charge in [-0.3, -0.25) is 9.36 Å². The third-order valence-corrected chi connectivity index (χ3v) is 6.10. The van der Waals surface area contributed by atoms with Gasteiger partial charge in [-0.05, 0) is 56.7 Å². The minimum absolute atomic E-state index is 0.0137. The summed E-state index contributed by atoms with van der Waals surface area (Å²) in [5.41, 5.74) is 8.17. The Morgan fingerprint density at radius 1 is 1.25 bits per heavy atom. The van der Waals surface area contributed by atoms with Crippen LogP contribution in [-0.4, -0.2) is 41.6 Å². The largest absolute Gasteiger partial charge is 0.380 e. The van der Waals surface area contributed by atoms with Crippen molar-refractivity contribution in [1.82, 2.24) is 9.24 Å². The van der Waals surface area contributed by atoms with Crippen LogP contribution in [0.2, 0.25) is 0 Å². The molecular weight excluding hydrogens is 358 g/mol. The molecule has 8 heteroatoms. The van der Waals surface area contributed by atoms with Crippen LogP contribution >= 0.6 is 0 Å². The maximum absolute atomic E-state index is 12.7. The molecule has 0 amide bonds. The maximum Gasteiger partial charge on any atom is 0.350 e. The maximum atomic E-state index is 12.7. The van der Waals surface area contributed by atoms with Crippen molar-refractivity contribution in [2.45, 2.75) is 45.2 Å². The third-order valence-electron chi connectivity index (χ3n) is 6.10. The SMILES string of the molecule is CCOC[C@H](N)[C@H]1CCN(c2ccc3c(=O)n(N)c(=O)n(C4CC4)c3c2C)C1. The summed E-state index contributed by atoms with van der Waals surface area (Å²) in [6.07, 6.45) is 2.88. The molecule has 0 radical (unpaired) electrons. The van der Waals surface area contributed by atoms with Crippen molar-refractivity contribution < 1.29 is 4.74 Å². The summed E-state index contributed by atoms with van der Waals surface area (Å²) in [4.78, 5) is 27.5. The van der Waals surface area contributed by atoms with E-state index in [4.69, 9.17) is 16.3 Å². The Morgan fingerprint density at radius 3 is 2.68 bits per heavy atom. The summed E-state index contributed by atoms with van der Waals surface area (Å²) in [6, 6.07) is 3.91. The average molecular weight is 387 g/mol. The molecule has 1 aromatic carbocycles. The second-order valence-electron chi connectivity index (χ2n) is 7.98. The molecule has 2 atom stereocenters. The second-order valence-corrected chi connectivity index (χ2v) is 7.98. The Hall–Kier alpha value is -2.32. The Morgan fingerprint density at radius 2 is 2.00 bits per heavy atom. The fraction of sp³-hybridized carbons (Fsp3) is 0.600. The molecule has 0 unspecified atom stereocenters. The monoisotopic (exact) mass is 387 g/mol. The number of ether oxygens (including phenoxy) is 1. The zero-order valence-electron chi connectivity index (χ0n) is 16.6. The number of nitrogen functional groups attached to an aromatic ring is 1. The summed E-state index contributed by atoms with van der Waals surface area (Å²) >= 11 is 0. The van der Waals surface area contributed by atoms with Crippen LogP contribution in [-0.2, 0) is 4.74 Å². The minimum Gasteiger partial charge on any atom is -0.380 e. The Kier molecular flexibility index (Phi) is 4.93. The number of hydrogen-bond donors (Lipinski definition) is 2. The van der Waals surface area contributed by atoms with Crippen LogP contribution in [0.3, 0.4) is 0 Å². The second kappa shape index (κ2) is 7.25. The van der Waals surface area contributed by atoms with Gasteiger partial charge in [-0.15, -0.1) is 0 Å². The van der Waals surface area contributed by atoms with E-state index in [0.717, 1.165) is 53.8 Å². The van der Waals surface area contributed by atoms with Crippen LogP contribution < -0.4 is 27.7 Å². The third kappa shape index (κ3) is 3.10. The molecule has 1 saturated carbocycles. The zero-order chi connectivity index (χ0) is 20.0. The van der Waals surface area contributed by atoms with Gasteiger partial charge < -0.3 is 21.2 Å². The molecule has 0 spiro atoms. The highest BCUT2D eigenvalue weighted by Gasteiger charge is 2.32. The molecule has 2 aromatic rings. The number of nitrogens with two attached hydrogens (primary N) is 2. The molecule has 28 heavy (non-hydrogen) atoms.